The molecule has 2 aliphatic heterocycles. The molecule has 2 atom stereocenters. The van der Waals surface area contributed by atoms with Crippen molar-refractivity contribution in [2.75, 3.05) is 41.5 Å². The third-order valence-electron chi connectivity index (χ3n) is 10.2. The van der Waals surface area contributed by atoms with Crippen LogP contribution in [-0.2, 0) is 18.9 Å². The van der Waals surface area contributed by atoms with E-state index in [1.54, 1.807) is 84.0 Å². The van der Waals surface area contributed by atoms with Crippen LogP contribution in [0.2, 0.25) is 0 Å². The molecule has 4 amide bonds. The van der Waals surface area contributed by atoms with Gasteiger partial charge in [-0.3, -0.25) is 24.2 Å². The fourth-order valence-corrected chi connectivity index (χ4v) is 7.15. The van der Waals surface area contributed by atoms with Crippen LogP contribution in [0.25, 0.3) is 11.1 Å². The average molecular weight is 802 g/mol. The van der Waals surface area contributed by atoms with Crippen LogP contribution >= 0.6 is 0 Å². The van der Waals surface area contributed by atoms with E-state index in [9.17, 15) is 24.3 Å². The lowest BCUT2D eigenvalue weighted by Gasteiger charge is -2.32. The van der Waals surface area contributed by atoms with E-state index in [4.69, 9.17) is 9.47 Å². The van der Waals surface area contributed by atoms with Crippen molar-refractivity contribution in [2.45, 2.75) is 51.3 Å². The number of ether oxygens (including phenoxy) is 2. The topological polar surface area (TPSA) is 193 Å². The lowest BCUT2D eigenvalue weighted by atomic mass is 10.0. The van der Waals surface area contributed by atoms with E-state index in [2.05, 4.69) is 31.2 Å². The van der Waals surface area contributed by atoms with Crippen molar-refractivity contribution in [1.29, 1.82) is 0 Å². The number of amides is 4. The number of rotatable bonds is 14. The van der Waals surface area contributed by atoms with Gasteiger partial charge in [-0.2, -0.15) is 0 Å². The number of aliphatic imine (C=N–C) groups is 1. The van der Waals surface area contributed by atoms with Gasteiger partial charge in [0.1, 0.15) is 17.7 Å². The summed E-state index contributed by atoms with van der Waals surface area (Å²) >= 11 is 0. The number of piperidine rings is 1. The largest absolute Gasteiger partial charge is 0.493 e. The maximum atomic E-state index is 13.3. The lowest BCUT2D eigenvalue weighted by Crippen LogP contribution is -2.43. The third kappa shape index (κ3) is 9.45. The SMILES string of the molecule is COc1cc2c(cc1OCCCC(O)Nc1cn(C)c(C(=O)Nc3ccc(-c4cc(C(=O)Nc5ccc(NC(C)=O)cc5)n(C)c4)cc3)n1)N=C[C@@H]1CCCCN1C2=O. The molecular formula is C43H47N9O7. The maximum Gasteiger partial charge on any atom is 0.291 e. The van der Waals surface area contributed by atoms with Crippen molar-refractivity contribution in [3.8, 4) is 22.6 Å². The van der Waals surface area contributed by atoms with Crippen LogP contribution in [0.15, 0.2) is 84.1 Å². The standard InChI is InChI=1S/C43H47N9O7/c1-26(53)45-29-14-16-31(17-15-29)46-41(55)35-20-28(24-50(35)2)27-10-12-30(13-11-27)47-42(56)40-49-38(25-51(40)3)48-39(54)9-7-19-59-37-22-34-33(21-36(37)58-4)43(57)52-18-6-5-8-32(52)23-44-34/h10-17,20-25,32,39,48,54H,5-9,18-19H2,1-4H3,(H,45,53)(H,46,55)(H,47,56)/t32-,39?/m0/s1. The second-order valence-electron chi connectivity index (χ2n) is 14.5. The molecule has 0 aliphatic carbocycles. The van der Waals surface area contributed by atoms with E-state index in [0.717, 1.165) is 30.4 Å². The number of imidazole rings is 1. The Bertz CT molecular complexity index is 2380. The van der Waals surface area contributed by atoms with Crippen LogP contribution in [0.5, 0.6) is 11.5 Å². The van der Waals surface area contributed by atoms with Crippen molar-refractivity contribution < 1.29 is 33.8 Å². The smallest absolute Gasteiger partial charge is 0.291 e. The number of hydrogen-bond donors (Lipinski definition) is 5. The number of anilines is 4. The highest BCUT2D eigenvalue weighted by Crippen LogP contribution is 2.38. The maximum absolute atomic E-state index is 13.3. The van der Waals surface area contributed by atoms with E-state index in [-0.39, 0.29) is 36.2 Å². The first kappa shape index (κ1) is 40.3. The monoisotopic (exact) mass is 801 g/mol. The molecule has 5 aromatic rings. The summed E-state index contributed by atoms with van der Waals surface area (Å²) in [5.41, 5.74) is 4.92. The summed E-state index contributed by atoms with van der Waals surface area (Å²) in [5, 5.41) is 22.1. The van der Waals surface area contributed by atoms with Gasteiger partial charge in [0.2, 0.25) is 11.7 Å². The molecule has 2 aliphatic rings. The van der Waals surface area contributed by atoms with E-state index < -0.39 is 12.1 Å². The first-order valence-corrected chi connectivity index (χ1v) is 19.4. The summed E-state index contributed by atoms with van der Waals surface area (Å²) in [6, 6.07) is 19.3. The van der Waals surface area contributed by atoms with Gasteiger partial charge >= 0.3 is 0 Å². The van der Waals surface area contributed by atoms with Crippen LogP contribution in [0, 0.1) is 0 Å². The number of carbonyl (C=O) groups excluding carboxylic acids is 4. The summed E-state index contributed by atoms with van der Waals surface area (Å²) in [6.07, 6.45) is 8.10. The predicted molar refractivity (Wildman–Crippen MR) is 225 cm³/mol. The summed E-state index contributed by atoms with van der Waals surface area (Å²) in [4.78, 5) is 61.7. The number of aliphatic hydroxyl groups is 1. The molecule has 4 heterocycles. The molecule has 16 nitrogen and oxygen atoms in total. The minimum Gasteiger partial charge on any atom is -0.493 e. The molecule has 0 spiro atoms. The quantitative estimate of drug-likeness (QED) is 0.0643. The number of carbonyl (C=O) groups is 4. The molecule has 1 saturated heterocycles. The minimum absolute atomic E-state index is 0.00752. The number of nitrogens with one attached hydrogen (secondary N) is 4. The Labute approximate surface area is 341 Å². The molecule has 2 aromatic heterocycles. The number of benzene rings is 3. The highest BCUT2D eigenvalue weighted by atomic mass is 16.5. The predicted octanol–water partition coefficient (Wildman–Crippen LogP) is 6.20. The summed E-state index contributed by atoms with van der Waals surface area (Å²) in [5.74, 6) is 0.425. The lowest BCUT2D eigenvalue weighted by molar-refractivity contribution is -0.114. The highest BCUT2D eigenvalue weighted by molar-refractivity contribution is 6.05. The van der Waals surface area contributed by atoms with Crippen molar-refractivity contribution in [1.82, 2.24) is 19.0 Å². The Hall–Kier alpha value is -6.94. The third-order valence-corrected chi connectivity index (χ3v) is 10.2. The Morgan fingerprint density at radius 3 is 2.27 bits per heavy atom. The van der Waals surface area contributed by atoms with Gasteiger partial charge in [0.15, 0.2) is 11.5 Å². The van der Waals surface area contributed by atoms with Gasteiger partial charge in [-0.15, -0.1) is 0 Å². The average Bonchev–Trinajstić information content (AvgIpc) is 3.76. The van der Waals surface area contributed by atoms with Crippen LogP contribution in [0.4, 0.5) is 28.6 Å². The Kier molecular flexibility index (Phi) is 12.1. The molecule has 7 rings (SSSR count). The fraction of sp³-hybridized carbons (Fsp3) is 0.302. The van der Waals surface area contributed by atoms with Crippen molar-refractivity contribution >= 4 is 58.4 Å². The second kappa shape index (κ2) is 17.7. The fourth-order valence-electron chi connectivity index (χ4n) is 7.15. The molecule has 1 fully saturated rings. The van der Waals surface area contributed by atoms with Crippen molar-refractivity contribution in [2.24, 2.45) is 19.1 Å². The number of aromatic nitrogens is 3. The molecule has 5 N–H and O–H groups in total. The van der Waals surface area contributed by atoms with Gasteiger partial charge < -0.3 is 49.9 Å². The van der Waals surface area contributed by atoms with E-state index in [1.165, 1.54) is 14.0 Å². The summed E-state index contributed by atoms with van der Waals surface area (Å²) in [6.45, 7) is 2.41. The number of aryl methyl sites for hydroxylation is 2. The van der Waals surface area contributed by atoms with Crippen LogP contribution in [0.1, 0.15) is 70.5 Å². The van der Waals surface area contributed by atoms with Gasteiger partial charge in [-0.1, -0.05) is 12.1 Å². The van der Waals surface area contributed by atoms with Crippen LogP contribution in [0.3, 0.4) is 0 Å². The number of nitrogens with zero attached hydrogens (tertiary/aromatic N) is 5. The molecule has 1 unspecified atom stereocenters. The molecule has 0 radical (unpaired) electrons. The molecule has 16 heteroatoms. The number of hydrogen-bond acceptors (Lipinski definition) is 10. The Balaban J connectivity index is 0.891. The zero-order valence-corrected chi connectivity index (χ0v) is 33.3. The molecule has 3 aromatic carbocycles. The Morgan fingerprint density at radius 1 is 0.864 bits per heavy atom. The van der Waals surface area contributed by atoms with Gasteiger partial charge in [0, 0.05) is 74.9 Å². The van der Waals surface area contributed by atoms with Gasteiger partial charge in [0.05, 0.1) is 31.0 Å². The zero-order valence-electron chi connectivity index (χ0n) is 33.3. The minimum atomic E-state index is -0.960. The zero-order chi connectivity index (χ0) is 41.6. The van der Waals surface area contributed by atoms with Crippen LogP contribution < -0.4 is 30.7 Å². The summed E-state index contributed by atoms with van der Waals surface area (Å²) < 4.78 is 14.9. The first-order valence-electron chi connectivity index (χ1n) is 19.4. The second-order valence-corrected chi connectivity index (χ2v) is 14.5. The van der Waals surface area contributed by atoms with E-state index in [1.807, 2.05) is 29.4 Å². The summed E-state index contributed by atoms with van der Waals surface area (Å²) in [7, 11) is 5.01. The number of methoxy groups -OCH3 is 1. The van der Waals surface area contributed by atoms with Gasteiger partial charge in [0.25, 0.3) is 17.7 Å². The molecular weight excluding hydrogens is 755 g/mol. The van der Waals surface area contributed by atoms with E-state index >= 15 is 0 Å². The molecule has 0 bridgehead atoms. The van der Waals surface area contributed by atoms with Crippen molar-refractivity contribution in [3.63, 3.8) is 0 Å². The molecule has 0 saturated carbocycles. The van der Waals surface area contributed by atoms with Gasteiger partial charge in [-0.05, 0) is 86.2 Å². The van der Waals surface area contributed by atoms with Crippen molar-refractivity contribution in [3.05, 3.63) is 96.2 Å². The number of fused-ring (bicyclic) bond motifs is 2. The van der Waals surface area contributed by atoms with E-state index in [0.29, 0.717) is 70.7 Å². The number of aliphatic hydroxyl groups excluding tert-OH is 1. The van der Waals surface area contributed by atoms with Gasteiger partial charge in [-0.25, -0.2) is 4.98 Å². The van der Waals surface area contributed by atoms with Crippen LogP contribution in [-0.4, -0.2) is 86.5 Å². The molecule has 306 valence electrons. The first-order chi connectivity index (χ1) is 28.4. The highest BCUT2D eigenvalue weighted by Gasteiger charge is 2.31. The molecule has 59 heavy (non-hydrogen) atoms. The normalized spacial score (nSPS) is 15.0. The Morgan fingerprint density at radius 2 is 1.56 bits per heavy atom.